The van der Waals surface area contributed by atoms with E-state index in [1.54, 1.807) is 0 Å². The average molecular weight is 377 g/mol. The van der Waals surface area contributed by atoms with Gasteiger partial charge in [-0.1, -0.05) is 51.5 Å². The minimum Gasteiger partial charge on any atom is -0.409 e. The van der Waals surface area contributed by atoms with Gasteiger partial charge in [0.15, 0.2) is 8.32 Å². The largest absolute Gasteiger partial charge is 0.409 e. The summed E-state index contributed by atoms with van der Waals surface area (Å²) in [6, 6.07) is 0. The minimum absolute atomic E-state index is 0.110. The lowest BCUT2D eigenvalue weighted by Gasteiger charge is -2.40. The Morgan fingerprint density at radius 1 is 1.35 bits per heavy atom. The molecule has 148 valence electrons. The van der Waals surface area contributed by atoms with Gasteiger partial charge in [-0.05, 0) is 69.5 Å². The van der Waals surface area contributed by atoms with E-state index in [0.29, 0.717) is 11.7 Å². The maximum Gasteiger partial charge on any atom is 0.184 e. The van der Waals surface area contributed by atoms with Crippen LogP contribution in [0.25, 0.3) is 0 Å². The van der Waals surface area contributed by atoms with E-state index in [-0.39, 0.29) is 16.9 Å². The average Bonchev–Trinajstić information content (AvgIpc) is 2.91. The number of Topliss-reactive ketones (excluding diaryl/α,β-unsaturated/α-hetero) is 1. The van der Waals surface area contributed by atoms with Crippen LogP contribution in [0.1, 0.15) is 72.6 Å². The summed E-state index contributed by atoms with van der Waals surface area (Å²) in [5.41, 5.74) is 1.54. The Morgan fingerprint density at radius 2 is 2.00 bits per heavy atom. The van der Waals surface area contributed by atoms with Crippen molar-refractivity contribution in [2.24, 2.45) is 17.3 Å². The van der Waals surface area contributed by atoms with E-state index in [2.05, 4.69) is 65.6 Å². The van der Waals surface area contributed by atoms with E-state index in [9.17, 15) is 4.79 Å². The van der Waals surface area contributed by atoms with Crippen LogP contribution in [0.5, 0.6) is 0 Å². The molecule has 0 aromatic rings. The number of ketones is 1. The van der Waals surface area contributed by atoms with Crippen LogP contribution in [0, 0.1) is 17.3 Å². The first-order valence-electron chi connectivity index (χ1n) is 10.7. The van der Waals surface area contributed by atoms with Gasteiger partial charge in [0.05, 0.1) is 5.60 Å². The zero-order chi connectivity index (χ0) is 19.6. The first-order chi connectivity index (χ1) is 12.1. The van der Waals surface area contributed by atoms with Crippen LogP contribution >= 0.6 is 0 Å². The van der Waals surface area contributed by atoms with Gasteiger partial charge in [0, 0.05) is 12.3 Å². The highest BCUT2D eigenvalue weighted by atomic mass is 28.4. The zero-order valence-electron chi connectivity index (χ0n) is 18.2. The van der Waals surface area contributed by atoms with Crippen LogP contribution in [0.15, 0.2) is 23.8 Å². The summed E-state index contributed by atoms with van der Waals surface area (Å²) in [4.78, 5) is 12.3. The van der Waals surface area contributed by atoms with Crippen molar-refractivity contribution >= 4 is 14.1 Å². The van der Waals surface area contributed by atoms with E-state index in [1.165, 1.54) is 12.0 Å². The van der Waals surface area contributed by atoms with Gasteiger partial charge in [0.2, 0.25) is 0 Å². The molecule has 2 aliphatic rings. The molecular formula is C23H40O2Si. The highest BCUT2D eigenvalue weighted by Gasteiger charge is 2.47. The molecule has 0 aromatic heterocycles. The van der Waals surface area contributed by atoms with Gasteiger partial charge in [-0.25, -0.2) is 0 Å². The number of carbonyl (C=O) groups is 1. The smallest absolute Gasteiger partial charge is 0.184 e. The van der Waals surface area contributed by atoms with Crippen molar-refractivity contribution in [3.8, 4) is 0 Å². The molecule has 0 unspecified atom stereocenters. The second-order valence-corrected chi connectivity index (χ2v) is 14.1. The summed E-state index contributed by atoms with van der Waals surface area (Å²) >= 11 is 0. The van der Waals surface area contributed by atoms with Gasteiger partial charge >= 0.3 is 0 Å². The van der Waals surface area contributed by atoms with Gasteiger partial charge in [-0.15, -0.1) is 0 Å². The Balaban J connectivity index is 2.06. The molecule has 0 spiro atoms. The van der Waals surface area contributed by atoms with Crippen molar-refractivity contribution in [3.05, 3.63) is 23.8 Å². The van der Waals surface area contributed by atoms with E-state index in [0.717, 1.165) is 38.5 Å². The molecule has 0 bridgehead atoms. The third-order valence-electron chi connectivity index (χ3n) is 6.66. The fourth-order valence-electron chi connectivity index (χ4n) is 5.20. The molecule has 3 atom stereocenters. The molecule has 2 nitrogen and oxygen atoms in total. The minimum atomic E-state index is -1.58. The molecule has 1 saturated carbocycles. The molecule has 3 heteroatoms. The zero-order valence-corrected chi connectivity index (χ0v) is 19.2. The predicted octanol–water partition coefficient (Wildman–Crippen LogP) is 6.68. The van der Waals surface area contributed by atoms with Crippen LogP contribution in [-0.2, 0) is 9.22 Å². The molecular weight excluding hydrogens is 336 g/mol. The molecule has 2 rings (SSSR count). The lowest BCUT2D eigenvalue weighted by Crippen LogP contribution is -2.40. The SMILES string of the molecule is CCC(C=CC[C@H](C)C1=CC[C@H]2C(=O)CCC[C@]12C)(CC)O[Si](C)(C)C. The van der Waals surface area contributed by atoms with Crippen molar-refractivity contribution in [3.63, 3.8) is 0 Å². The summed E-state index contributed by atoms with van der Waals surface area (Å²) in [6.45, 7) is 16.0. The van der Waals surface area contributed by atoms with E-state index in [4.69, 9.17) is 4.43 Å². The number of hydrogen-bond acceptors (Lipinski definition) is 2. The highest BCUT2D eigenvalue weighted by molar-refractivity contribution is 6.69. The standard InChI is InChI=1S/C23H40O2Si/c1-8-23(9-2,25-26(5,6)7)17-10-12-18(3)19-14-15-20-21(24)13-11-16-22(19,20)4/h10,14,17-18,20H,8-9,11-13,15-16H2,1-7H3/t18-,20-,22+/m0/s1. The van der Waals surface area contributed by atoms with Gasteiger partial charge in [-0.2, -0.15) is 0 Å². The Hall–Kier alpha value is -0.673. The monoisotopic (exact) mass is 376 g/mol. The second-order valence-electron chi connectivity index (χ2n) is 9.71. The van der Waals surface area contributed by atoms with Crippen molar-refractivity contribution in [2.75, 3.05) is 0 Å². The summed E-state index contributed by atoms with van der Waals surface area (Å²) in [5.74, 6) is 1.25. The Labute approximate surface area is 162 Å². The fraction of sp³-hybridized carbons (Fsp3) is 0.783. The second kappa shape index (κ2) is 8.14. The van der Waals surface area contributed by atoms with Crippen LogP contribution in [-0.4, -0.2) is 19.7 Å². The third-order valence-corrected chi connectivity index (χ3v) is 7.68. The lowest BCUT2D eigenvalue weighted by molar-refractivity contribution is -0.128. The van der Waals surface area contributed by atoms with Crippen LogP contribution in [0.2, 0.25) is 19.6 Å². The first-order valence-corrected chi connectivity index (χ1v) is 14.1. The molecule has 0 saturated heterocycles. The van der Waals surface area contributed by atoms with Crippen molar-refractivity contribution in [1.29, 1.82) is 0 Å². The Kier molecular flexibility index (Phi) is 6.77. The molecule has 0 heterocycles. The third kappa shape index (κ3) is 4.59. The number of hydrogen-bond donors (Lipinski definition) is 0. The number of rotatable bonds is 8. The maximum absolute atomic E-state index is 12.3. The maximum atomic E-state index is 12.3. The fourth-order valence-corrected chi connectivity index (χ4v) is 6.78. The summed E-state index contributed by atoms with van der Waals surface area (Å²) in [5, 5.41) is 0. The normalized spacial score (nSPS) is 28.3. The van der Waals surface area contributed by atoms with Crippen molar-refractivity contribution in [1.82, 2.24) is 0 Å². The van der Waals surface area contributed by atoms with Crippen LogP contribution in [0.4, 0.5) is 0 Å². The molecule has 26 heavy (non-hydrogen) atoms. The quantitative estimate of drug-likeness (QED) is 0.348. The Morgan fingerprint density at radius 3 is 2.58 bits per heavy atom. The molecule has 0 amide bonds. The number of carbonyl (C=O) groups excluding carboxylic acids is 1. The van der Waals surface area contributed by atoms with Crippen molar-refractivity contribution < 1.29 is 9.22 Å². The van der Waals surface area contributed by atoms with E-state index < -0.39 is 8.32 Å². The van der Waals surface area contributed by atoms with Crippen molar-refractivity contribution in [2.45, 2.75) is 97.9 Å². The van der Waals surface area contributed by atoms with Crippen LogP contribution in [0.3, 0.4) is 0 Å². The van der Waals surface area contributed by atoms with Gasteiger partial charge in [0.25, 0.3) is 0 Å². The molecule has 2 aliphatic carbocycles. The summed E-state index contributed by atoms with van der Waals surface area (Å²) < 4.78 is 6.54. The molecule has 0 aliphatic heterocycles. The topological polar surface area (TPSA) is 26.3 Å². The molecule has 0 aromatic carbocycles. The number of fused-ring (bicyclic) bond motifs is 1. The molecule has 0 N–H and O–H groups in total. The van der Waals surface area contributed by atoms with Gasteiger partial charge in [0.1, 0.15) is 5.78 Å². The van der Waals surface area contributed by atoms with Crippen LogP contribution < -0.4 is 0 Å². The summed E-state index contributed by atoms with van der Waals surface area (Å²) in [7, 11) is -1.58. The van der Waals surface area contributed by atoms with E-state index >= 15 is 0 Å². The lowest BCUT2D eigenvalue weighted by atomic mass is 9.63. The number of allylic oxidation sites excluding steroid dienone is 3. The first kappa shape index (κ1) is 21.6. The predicted molar refractivity (Wildman–Crippen MR) is 114 cm³/mol. The molecule has 0 radical (unpaired) electrons. The molecule has 1 fully saturated rings. The van der Waals surface area contributed by atoms with Gasteiger partial charge in [-0.3, -0.25) is 4.79 Å². The van der Waals surface area contributed by atoms with E-state index in [1.807, 2.05) is 0 Å². The van der Waals surface area contributed by atoms with Gasteiger partial charge < -0.3 is 4.43 Å². The summed E-state index contributed by atoms with van der Waals surface area (Å²) in [6.07, 6.45) is 14.1. The highest BCUT2D eigenvalue weighted by Crippen LogP contribution is 2.53. The Bertz CT molecular complexity index is 565.